The number of nitrogens with zero attached hydrogens (tertiary/aromatic N) is 2. The lowest BCUT2D eigenvalue weighted by atomic mass is 10.1. The summed E-state index contributed by atoms with van der Waals surface area (Å²) in [5.74, 6) is 0. The Labute approximate surface area is 132 Å². The first-order chi connectivity index (χ1) is 10.2. The van der Waals surface area contributed by atoms with Gasteiger partial charge in [-0.05, 0) is 24.0 Å². The molecule has 21 heavy (non-hydrogen) atoms. The number of fused-ring (bicyclic) bond motifs is 1. The van der Waals surface area contributed by atoms with Crippen molar-refractivity contribution in [3.8, 4) is 0 Å². The normalized spacial score (nSPS) is 15.0. The van der Waals surface area contributed by atoms with Crippen LogP contribution < -0.4 is 5.56 Å². The second kappa shape index (κ2) is 6.22. The number of thioether (sulfide) groups is 1. The van der Waals surface area contributed by atoms with Gasteiger partial charge in [0.2, 0.25) is 0 Å². The summed E-state index contributed by atoms with van der Waals surface area (Å²) in [6.45, 7) is 2.34. The first-order valence-corrected chi connectivity index (χ1v) is 8.39. The summed E-state index contributed by atoms with van der Waals surface area (Å²) in [5.41, 5.74) is 2.88. The molecule has 0 saturated carbocycles. The number of hydrogen-bond donors (Lipinski definition) is 1. The Hall–Kier alpha value is -1.30. The van der Waals surface area contributed by atoms with Crippen molar-refractivity contribution in [2.75, 3.05) is 12.8 Å². The molecular formula is C15H16ClN3OS. The summed E-state index contributed by atoms with van der Waals surface area (Å²) in [6.07, 6.45) is 2.73. The molecule has 1 aromatic heterocycles. The van der Waals surface area contributed by atoms with Crippen LogP contribution in [0, 0.1) is 0 Å². The molecule has 4 nitrogen and oxygen atoms in total. The van der Waals surface area contributed by atoms with Gasteiger partial charge in [-0.15, -0.1) is 0 Å². The number of halogens is 1. The summed E-state index contributed by atoms with van der Waals surface area (Å²) in [6, 6.07) is 7.85. The zero-order chi connectivity index (χ0) is 14.8. The van der Waals surface area contributed by atoms with Gasteiger partial charge in [-0.25, -0.2) is 4.98 Å². The molecule has 0 aliphatic carbocycles. The summed E-state index contributed by atoms with van der Waals surface area (Å²) < 4.78 is 0. The molecule has 2 heterocycles. The van der Waals surface area contributed by atoms with Crippen LogP contribution in [-0.4, -0.2) is 27.7 Å². The molecule has 0 spiro atoms. The molecule has 1 aliphatic heterocycles. The fraction of sp³-hybridized carbons (Fsp3) is 0.333. The van der Waals surface area contributed by atoms with E-state index in [0.29, 0.717) is 11.7 Å². The Morgan fingerprint density at radius 2 is 2.33 bits per heavy atom. The Morgan fingerprint density at radius 3 is 3.10 bits per heavy atom. The Balaban J connectivity index is 1.80. The second-order valence-corrected chi connectivity index (χ2v) is 6.32. The van der Waals surface area contributed by atoms with E-state index in [1.165, 1.54) is 11.8 Å². The average Bonchev–Trinajstić information content (AvgIpc) is 2.47. The third kappa shape index (κ3) is 3.31. The van der Waals surface area contributed by atoms with Gasteiger partial charge in [0.25, 0.3) is 5.56 Å². The fourth-order valence-corrected chi connectivity index (χ4v) is 3.19. The second-order valence-electron chi connectivity index (χ2n) is 5.09. The molecule has 1 N–H and O–H groups in total. The Kier molecular flexibility index (Phi) is 4.33. The molecule has 0 fully saturated rings. The van der Waals surface area contributed by atoms with Gasteiger partial charge in [0.05, 0.1) is 11.3 Å². The molecular weight excluding hydrogens is 306 g/mol. The number of aromatic amines is 1. The molecule has 1 aromatic carbocycles. The predicted molar refractivity (Wildman–Crippen MR) is 85.9 cm³/mol. The topological polar surface area (TPSA) is 49.0 Å². The Bertz CT molecular complexity index is 716. The fourth-order valence-electron chi connectivity index (χ4n) is 2.58. The molecule has 2 aromatic rings. The van der Waals surface area contributed by atoms with Crippen LogP contribution in [0.5, 0.6) is 0 Å². The SMILES string of the molecule is CSc1nc2c(c(=O)[nH]1)CN(Cc1cccc(Cl)c1)CC2. The van der Waals surface area contributed by atoms with Crippen LogP contribution in [0.15, 0.2) is 34.2 Å². The van der Waals surface area contributed by atoms with E-state index in [0.717, 1.165) is 41.4 Å². The number of hydrogen-bond acceptors (Lipinski definition) is 4. The van der Waals surface area contributed by atoms with E-state index in [9.17, 15) is 4.79 Å². The molecule has 0 atom stereocenters. The molecule has 0 unspecified atom stereocenters. The van der Waals surface area contributed by atoms with E-state index in [1.54, 1.807) is 0 Å². The standard InChI is InChI=1S/C15H16ClN3OS/c1-21-15-17-13-5-6-19(9-12(13)14(20)18-15)8-10-3-2-4-11(16)7-10/h2-4,7H,5-6,8-9H2,1H3,(H,17,18,20). The van der Waals surface area contributed by atoms with E-state index in [-0.39, 0.29) is 5.56 Å². The molecule has 110 valence electrons. The van der Waals surface area contributed by atoms with Crippen molar-refractivity contribution in [3.05, 3.63) is 56.5 Å². The summed E-state index contributed by atoms with van der Waals surface area (Å²) in [5, 5.41) is 1.44. The van der Waals surface area contributed by atoms with Gasteiger partial charge >= 0.3 is 0 Å². The maximum absolute atomic E-state index is 12.1. The zero-order valence-corrected chi connectivity index (χ0v) is 13.3. The highest BCUT2D eigenvalue weighted by Gasteiger charge is 2.21. The number of H-pyrrole nitrogens is 1. The van der Waals surface area contributed by atoms with Crippen molar-refractivity contribution in [1.29, 1.82) is 0 Å². The maximum atomic E-state index is 12.1. The van der Waals surface area contributed by atoms with E-state index in [1.807, 2.05) is 24.5 Å². The highest BCUT2D eigenvalue weighted by molar-refractivity contribution is 7.98. The first-order valence-electron chi connectivity index (χ1n) is 6.78. The van der Waals surface area contributed by atoms with Crippen molar-refractivity contribution >= 4 is 23.4 Å². The molecule has 0 amide bonds. The third-order valence-electron chi connectivity index (χ3n) is 3.61. The summed E-state index contributed by atoms with van der Waals surface area (Å²) in [4.78, 5) is 21.7. The highest BCUT2D eigenvalue weighted by atomic mass is 35.5. The van der Waals surface area contributed by atoms with Gasteiger partial charge in [0.15, 0.2) is 5.16 Å². The third-order valence-corrected chi connectivity index (χ3v) is 4.43. The minimum Gasteiger partial charge on any atom is -0.301 e. The maximum Gasteiger partial charge on any atom is 0.256 e. The van der Waals surface area contributed by atoms with Crippen LogP contribution >= 0.6 is 23.4 Å². The van der Waals surface area contributed by atoms with E-state index >= 15 is 0 Å². The molecule has 3 rings (SSSR count). The van der Waals surface area contributed by atoms with Crippen LogP contribution in [0.1, 0.15) is 16.8 Å². The average molecular weight is 322 g/mol. The zero-order valence-electron chi connectivity index (χ0n) is 11.7. The Morgan fingerprint density at radius 1 is 1.48 bits per heavy atom. The van der Waals surface area contributed by atoms with Gasteiger partial charge in [-0.1, -0.05) is 35.5 Å². The smallest absolute Gasteiger partial charge is 0.256 e. The van der Waals surface area contributed by atoms with Crippen molar-refractivity contribution in [1.82, 2.24) is 14.9 Å². The van der Waals surface area contributed by atoms with Gasteiger partial charge in [-0.3, -0.25) is 9.69 Å². The van der Waals surface area contributed by atoms with E-state index in [2.05, 4.69) is 20.9 Å². The summed E-state index contributed by atoms with van der Waals surface area (Å²) in [7, 11) is 0. The van der Waals surface area contributed by atoms with Crippen LogP contribution in [0.3, 0.4) is 0 Å². The first kappa shape index (κ1) is 14.6. The highest BCUT2D eigenvalue weighted by Crippen LogP contribution is 2.19. The van der Waals surface area contributed by atoms with Crippen molar-refractivity contribution < 1.29 is 0 Å². The van der Waals surface area contributed by atoms with Crippen LogP contribution in [0.4, 0.5) is 0 Å². The molecule has 0 bridgehead atoms. The minimum atomic E-state index is -0.0138. The lowest BCUT2D eigenvalue weighted by Crippen LogP contribution is -2.35. The quantitative estimate of drug-likeness (QED) is 0.697. The number of nitrogens with one attached hydrogen (secondary N) is 1. The largest absolute Gasteiger partial charge is 0.301 e. The van der Waals surface area contributed by atoms with Gasteiger partial charge in [0.1, 0.15) is 0 Å². The number of benzene rings is 1. The van der Waals surface area contributed by atoms with E-state index < -0.39 is 0 Å². The molecule has 1 aliphatic rings. The minimum absolute atomic E-state index is 0.0138. The number of rotatable bonds is 3. The monoisotopic (exact) mass is 321 g/mol. The predicted octanol–water partition coefficient (Wildman–Crippen LogP) is 2.70. The van der Waals surface area contributed by atoms with Crippen LogP contribution in [-0.2, 0) is 19.5 Å². The van der Waals surface area contributed by atoms with Gasteiger partial charge in [-0.2, -0.15) is 0 Å². The lowest BCUT2D eigenvalue weighted by Gasteiger charge is -2.27. The van der Waals surface area contributed by atoms with Crippen molar-refractivity contribution in [2.45, 2.75) is 24.7 Å². The molecule has 6 heteroatoms. The number of aromatic nitrogens is 2. The van der Waals surface area contributed by atoms with Gasteiger partial charge < -0.3 is 4.98 Å². The van der Waals surface area contributed by atoms with E-state index in [4.69, 9.17) is 11.6 Å². The van der Waals surface area contributed by atoms with Crippen molar-refractivity contribution in [2.24, 2.45) is 0 Å². The van der Waals surface area contributed by atoms with Crippen LogP contribution in [0.2, 0.25) is 5.02 Å². The molecule has 0 saturated heterocycles. The van der Waals surface area contributed by atoms with Gasteiger partial charge in [0, 0.05) is 31.1 Å². The summed E-state index contributed by atoms with van der Waals surface area (Å²) >= 11 is 7.48. The molecule has 0 radical (unpaired) electrons. The van der Waals surface area contributed by atoms with Crippen LogP contribution in [0.25, 0.3) is 0 Å². The van der Waals surface area contributed by atoms with Crippen molar-refractivity contribution in [3.63, 3.8) is 0 Å². The lowest BCUT2D eigenvalue weighted by molar-refractivity contribution is 0.241.